The van der Waals surface area contributed by atoms with Crippen LogP contribution < -0.4 is 10.8 Å². The summed E-state index contributed by atoms with van der Waals surface area (Å²) in [6.45, 7) is 6.83. The molecule has 158 valence electrons. The predicted octanol–water partition coefficient (Wildman–Crippen LogP) is 4.69. The van der Waals surface area contributed by atoms with Gasteiger partial charge in [0, 0.05) is 25.0 Å². The van der Waals surface area contributed by atoms with Crippen LogP contribution in [0.4, 0.5) is 18.9 Å². The Morgan fingerprint density at radius 1 is 1.32 bits per heavy atom. The lowest BCUT2D eigenvalue weighted by atomic mass is 10.1. The van der Waals surface area contributed by atoms with Gasteiger partial charge in [-0.1, -0.05) is 19.1 Å². The highest BCUT2D eigenvalue weighted by atomic mass is 19.4. The zero-order chi connectivity index (χ0) is 21.2. The number of anilines is 1. The third-order valence-corrected chi connectivity index (χ3v) is 4.34. The molecule has 0 saturated heterocycles. The van der Waals surface area contributed by atoms with Crippen molar-refractivity contribution in [1.29, 1.82) is 0 Å². The molecule has 1 unspecified atom stereocenters. The molecule has 0 amide bonds. The Labute approximate surface area is 165 Å². The van der Waals surface area contributed by atoms with Crippen molar-refractivity contribution in [3.63, 3.8) is 0 Å². The summed E-state index contributed by atoms with van der Waals surface area (Å²) in [6.07, 6.45) is 0.663. The maximum Gasteiger partial charge on any atom is 0.416 e. The number of rotatable bonds is 11. The number of halogens is 3. The second-order valence-corrected chi connectivity index (χ2v) is 6.53. The van der Waals surface area contributed by atoms with Gasteiger partial charge in [0.2, 0.25) is 0 Å². The van der Waals surface area contributed by atoms with Gasteiger partial charge in [-0.25, -0.2) is 0 Å². The van der Waals surface area contributed by atoms with Crippen molar-refractivity contribution in [3.05, 3.63) is 41.6 Å². The molecule has 1 aromatic rings. The van der Waals surface area contributed by atoms with E-state index in [1.165, 1.54) is 6.07 Å². The molecule has 2 N–H and O–H groups in total. The van der Waals surface area contributed by atoms with E-state index in [2.05, 4.69) is 15.8 Å². The number of hydroxylamine groups is 1. The minimum Gasteiger partial charge on any atom is -0.366 e. The Kier molecular flexibility index (Phi) is 10.0. The van der Waals surface area contributed by atoms with E-state index in [-0.39, 0.29) is 12.1 Å². The van der Waals surface area contributed by atoms with Crippen LogP contribution in [0.15, 0.2) is 41.0 Å². The lowest BCUT2D eigenvalue weighted by Crippen LogP contribution is -2.37. The molecule has 0 aliphatic rings. The van der Waals surface area contributed by atoms with Crippen molar-refractivity contribution in [3.8, 4) is 0 Å². The summed E-state index contributed by atoms with van der Waals surface area (Å²) >= 11 is 0. The van der Waals surface area contributed by atoms with E-state index in [9.17, 15) is 13.2 Å². The highest BCUT2D eigenvalue weighted by molar-refractivity contribution is 5.54. The maximum atomic E-state index is 12.9. The molecule has 0 radical (unpaired) electrons. The van der Waals surface area contributed by atoms with Crippen LogP contribution in [0.5, 0.6) is 0 Å². The van der Waals surface area contributed by atoms with Crippen LogP contribution in [0.1, 0.15) is 39.2 Å². The minimum absolute atomic E-state index is 0.0446. The molecule has 0 aromatic heterocycles. The molecule has 1 aromatic carbocycles. The van der Waals surface area contributed by atoms with Crippen LogP contribution in [-0.2, 0) is 11.0 Å². The number of nitrogens with zero attached hydrogens (tertiary/aromatic N) is 2. The van der Waals surface area contributed by atoms with E-state index >= 15 is 0 Å². The van der Waals surface area contributed by atoms with Crippen molar-refractivity contribution in [2.24, 2.45) is 4.99 Å². The van der Waals surface area contributed by atoms with Gasteiger partial charge in [-0.15, -0.1) is 0 Å². The van der Waals surface area contributed by atoms with Crippen LogP contribution in [0.3, 0.4) is 0 Å². The van der Waals surface area contributed by atoms with Crippen LogP contribution in [0.25, 0.3) is 0 Å². The minimum atomic E-state index is -4.36. The molecule has 8 heteroatoms. The fourth-order valence-corrected chi connectivity index (χ4v) is 2.41. The van der Waals surface area contributed by atoms with Crippen molar-refractivity contribution < 1.29 is 18.0 Å². The third kappa shape index (κ3) is 8.31. The number of allylic oxidation sites excluding steroid dienone is 1. The van der Waals surface area contributed by atoms with Gasteiger partial charge in [-0.2, -0.15) is 18.7 Å². The molecule has 0 heterocycles. The summed E-state index contributed by atoms with van der Waals surface area (Å²) in [6, 6.07) is 5.08. The van der Waals surface area contributed by atoms with E-state index in [0.29, 0.717) is 18.5 Å². The lowest BCUT2D eigenvalue weighted by Gasteiger charge is -2.21. The lowest BCUT2D eigenvalue weighted by molar-refractivity contribution is -0.137. The maximum absolute atomic E-state index is 12.9. The van der Waals surface area contributed by atoms with E-state index in [1.807, 2.05) is 38.8 Å². The third-order valence-electron chi connectivity index (χ3n) is 4.34. The Balaban J connectivity index is 2.85. The standard InChI is InChI=1S/C20H31F3N4O/c1-6-17(25-18-10-8-9-16(13-18)20(21,22)23)11-12-19(26-28-5)15(3)24-14-27(4)7-2/h8-11,13-15,19,25-26H,6-7,12H2,1-5H3/b17-11+,24-14-/t15-,19?/m0/s1. The summed E-state index contributed by atoms with van der Waals surface area (Å²) in [4.78, 5) is 11.6. The molecule has 0 bridgehead atoms. The Morgan fingerprint density at radius 3 is 2.61 bits per heavy atom. The number of benzene rings is 1. The number of nitrogens with one attached hydrogen (secondary N) is 2. The van der Waals surface area contributed by atoms with Gasteiger partial charge in [0.25, 0.3) is 0 Å². The number of alkyl halides is 3. The first kappa shape index (κ1) is 24.0. The highest BCUT2D eigenvalue weighted by Crippen LogP contribution is 2.31. The molecule has 1 rings (SSSR count). The predicted molar refractivity (Wildman–Crippen MR) is 108 cm³/mol. The second kappa shape index (κ2) is 11.7. The van der Waals surface area contributed by atoms with Crippen LogP contribution in [0, 0.1) is 0 Å². The van der Waals surface area contributed by atoms with Crippen molar-refractivity contribution >= 4 is 12.0 Å². The summed E-state index contributed by atoms with van der Waals surface area (Å²) in [5, 5.41) is 3.08. The zero-order valence-corrected chi connectivity index (χ0v) is 17.2. The topological polar surface area (TPSA) is 48.9 Å². The van der Waals surface area contributed by atoms with Crippen LogP contribution >= 0.6 is 0 Å². The van der Waals surface area contributed by atoms with E-state index in [0.717, 1.165) is 24.4 Å². The molecule has 28 heavy (non-hydrogen) atoms. The second-order valence-electron chi connectivity index (χ2n) is 6.53. The molecule has 0 aliphatic heterocycles. The summed E-state index contributed by atoms with van der Waals surface area (Å²) in [7, 11) is 3.50. The van der Waals surface area contributed by atoms with Gasteiger partial charge in [0.1, 0.15) is 0 Å². The molecular weight excluding hydrogens is 369 g/mol. The van der Waals surface area contributed by atoms with Crippen LogP contribution in [0.2, 0.25) is 0 Å². The first-order valence-corrected chi connectivity index (χ1v) is 9.36. The summed E-state index contributed by atoms with van der Waals surface area (Å²) < 4.78 is 38.7. The SMILES string of the molecule is CC/C(=C\CC(NOC)[C@H](C)/N=C\N(C)CC)Nc1cccc(C(F)(F)F)c1. The normalized spacial score (nSPS) is 14.9. The Bertz CT molecular complexity index is 647. The first-order chi connectivity index (χ1) is 13.2. The summed E-state index contributed by atoms with van der Waals surface area (Å²) in [5.41, 5.74) is 3.52. The molecule has 0 saturated carbocycles. The van der Waals surface area contributed by atoms with Gasteiger partial charge >= 0.3 is 6.18 Å². The van der Waals surface area contributed by atoms with Crippen molar-refractivity contribution in [2.75, 3.05) is 26.0 Å². The van der Waals surface area contributed by atoms with E-state index in [4.69, 9.17) is 4.84 Å². The average Bonchev–Trinajstić information content (AvgIpc) is 2.67. The van der Waals surface area contributed by atoms with Gasteiger partial charge in [0.05, 0.1) is 31.1 Å². The highest BCUT2D eigenvalue weighted by Gasteiger charge is 2.30. The van der Waals surface area contributed by atoms with Gasteiger partial charge in [0.15, 0.2) is 0 Å². The van der Waals surface area contributed by atoms with Crippen molar-refractivity contribution in [2.45, 2.75) is 51.9 Å². The van der Waals surface area contributed by atoms with Crippen LogP contribution in [-0.4, -0.2) is 44.0 Å². The molecule has 0 fully saturated rings. The Hall–Kier alpha value is -2.06. The quantitative estimate of drug-likeness (QED) is 0.321. The monoisotopic (exact) mass is 400 g/mol. The average molecular weight is 400 g/mol. The van der Waals surface area contributed by atoms with Gasteiger partial charge < -0.3 is 15.1 Å². The largest absolute Gasteiger partial charge is 0.416 e. The molecule has 0 aliphatic carbocycles. The molecular formula is C20H31F3N4O. The molecule has 5 nitrogen and oxygen atoms in total. The molecule has 0 spiro atoms. The molecule has 2 atom stereocenters. The van der Waals surface area contributed by atoms with Gasteiger partial charge in [-0.05, 0) is 44.9 Å². The smallest absolute Gasteiger partial charge is 0.366 e. The fourth-order valence-electron chi connectivity index (χ4n) is 2.41. The first-order valence-electron chi connectivity index (χ1n) is 9.36. The fraction of sp³-hybridized carbons (Fsp3) is 0.550. The van der Waals surface area contributed by atoms with Crippen molar-refractivity contribution in [1.82, 2.24) is 10.4 Å². The summed E-state index contributed by atoms with van der Waals surface area (Å²) in [5.74, 6) is 0. The van der Waals surface area contributed by atoms with E-state index < -0.39 is 11.7 Å². The van der Waals surface area contributed by atoms with Gasteiger partial charge in [-0.3, -0.25) is 4.99 Å². The number of aliphatic imine (C=N–C) groups is 1. The number of hydrogen-bond donors (Lipinski definition) is 2. The zero-order valence-electron chi connectivity index (χ0n) is 17.2. The Morgan fingerprint density at radius 2 is 2.04 bits per heavy atom. The number of hydrogen-bond acceptors (Lipinski definition) is 4. The van der Waals surface area contributed by atoms with E-state index in [1.54, 1.807) is 19.5 Å².